The van der Waals surface area contributed by atoms with E-state index in [1.165, 1.54) is 4.31 Å². The molecule has 0 unspecified atom stereocenters. The highest BCUT2D eigenvalue weighted by Crippen LogP contribution is 2.13. The Hall–Kier alpha value is -1.67. The normalized spacial score (nSPS) is 16.0. The molecule has 134 valence electrons. The van der Waals surface area contributed by atoms with Gasteiger partial charge in [-0.05, 0) is 18.1 Å². The molecule has 1 saturated heterocycles. The molecule has 1 fully saturated rings. The SMILES string of the molecule is CC(C)CN(CC(=O)N1CCN(c2ccccn2)CC1)S(C)(=O)=O. The van der Waals surface area contributed by atoms with Crippen LogP contribution < -0.4 is 4.90 Å². The Bertz CT molecular complexity index is 641. The van der Waals surface area contributed by atoms with Crippen molar-refractivity contribution in [1.82, 2.24) is 14.2 Å². The van der Waals surface area contributed by atoms with E-state index >= 15 is 0 Å². The van der Waals surface area contributed by atoms with E-state index in [1.54, 1.807) is 11.1 Å². The molecule has 0 N–H and O–H groups in total. The zero-order chi connectivity index (χ0) is 17.7. The number of carbonyl (C=O) groups is 1. The molecule has 1 aromatic rings. The molecule has 0 aromatic carbocycles. The summed E-state index contributed by atoms with van der Waals surface area (Å²) in [5, 5.41) is 0. The molecule has 0 saturated carbocycles. The third kappa shape index (κ3) is 5.17. The Morgan fingerprint density at radius 2 is 1.92 bits per heavy atom. The average Bonchev–Trinajstić information content (AvgIpc) is 2.54. The summed E-state index contributed by atoms with van der Waals surface area (Å²) in [7, 11) is -3.38. The van der Waals surface area contributed by atoms with E-state index in [9.17, 15) is 13.2 Å². The Morgan fingerprint density at radius 1 is 1.25 bits per heavy atom. The molecule has 1 aliphatic heterocycles. The molecule has 0 spiro atoms. The first-order valence-corrected chi connectivity index (χ1v) is 10.0. The van der Waals surface area contributed by atoms with Gasteiger partial charge in [0.1, 0.15) is 5.82 Å². The maximum atomic E-state index is 12.5. The first kappa shape index (κ1) is 18.7. The van der Waals surface area contributed by atoms with Crippen molar-refractivity contribution in [3.8, 4) is 0 Å². The lowest BCUT2D eigenvalue weighted by Crippen LogP contribution is -2.52. The highest BCUT2D eigenvalue weighted by molar-refractivity contribution is 7.88. The van der Waals surface area contributed by atoms with Crippen molar-refractivity contribution >= 4 is 21.7 Å². The monoisotopic (exact) mass is 354 g/mol. The van der Waals surface area contributed by atoms with Crippen LogP contribution >= 0.6 is 0 Å². The number of sulfonamides is 1. The minimum absolute atomic E-state index is 0.0827. The predicted molar refractivity (Wildman–Crippen MR) is 94.3 cm³/mol. The van der Waals surface area contributed by atoms with Gasteiger partial charge < -0.3 is 9.80 Å². The summed E-state index contributed by atoms with van der Waals surface area (Å²) in [6, 6.07) is 5.76. The van der Waals surface area contributed by atoms with E-state index in [0.29, 0.717) is 32.7 Å². The summed E-state index contributed by atoms with van der Waals surface area (Å²) in [5.41, 5.74) is 0. The van der Waals surface area contributed by atoms with E-state index in [-0.39, 0.29) is 18.4 Å². The third-order valence-electron chi connectivity index (χ3n) is 3.96. The predicted octanol–water partition coefficient (Wildman–Crippen LogP) is 0.648. The molecule has 1 aliphatic rings. The molecule has 0 bridgehead atoms. The number of carbonyl (C=O) groups excluding carboxylic acids is 1. The summed E-state index contributed by atoms with van der Waals surface area (Å²) >= 11 is 0. The van der Waals surface area contributed by atoms with Crippen LogP contribution in [-0.4, -0.2) is 74.0 Å². The van der Waals surface area contributed by atoms with Crippen LogP contribution in [0.5, 0.6) is 0 Å². The molecular formula is C16H26N4O3S. The van der Waals surface area contributed by atoms with Crippen molar-refractivity contribution in [3.63, 3.8) is 0 Å². The lowest BCUT2D eigenvalue weighted by molar-refractivity contribution is -0.131. The standard InChI is InChI=1S/C16H26N4O3S/c1-14(2)12-20(24(3,22)23)13-16(21)19-10-8-18(9-11-19)15-6-4-5-7-17-15/h4-7,14H,8-13H2,1-3H3. The molecule has 2 heterocycles. The second kappa shape index (κ2) is 7.94. The van der Waals surface area contributed by atoms with Crippen molar-refractivity contribution in [3.05, 3.63) is 24.4 Å². The number of anilines is 1. The first-order valence-electron chi connectivity index (χ1n) is 8.16. The van der Waals surface area contributed by atoms with Crippen molar-refractivity contribution in [2.24, 2.45) is 5.92 Å². The van der Waals surface area contributed by atoms with Gasteiger partial charge in [0, 0.05) is 38.9 Å². The number of piperazine rings is 1. The van der Waals surface area contributed by atoms with Crippen LogP contribution in [0, 0.1) is 5.92 Å². The molecule has 1 aromatic heterocycles. The number of pyridine rings is 1. The van der Waals surface area contributed by atoms with Crippen molar-refractivity contribution in [2.45, 2.75) is 13.8 Å². The molecule has 0 radical (unpaired) electrons. The van der Waals surface area contributed by atoms with E-state index in [1.807, 2.05) is 32.0 Å². The molecule has 8 heteroatoms. The number of hydrogen-bond acceptors (Lipinski definition) is 5. The molecule has 0 aliphatic carbocycles. The summed E-state index contributed by atoms with van der Waals surface area (Å²) in [6.07, 6.45) is 2.91. The van der Waals surface area contributed by atoms with Gasteiger partial charge in [-0.1, -0.05) is 19.9 Å². The second-order valence-corrected chi connectivity index (χ2v) is 8.49. The highest BCUT2D eigenvalue weighted by atomic mass is 32.2. The molecule has 1 amide bonds. The molecule has 24 heavy (non-hydrogen) atoms. The fraction of sp³-hybridized carbons (Fsp3) is 0.625. The lowest BCUT2D eigenvalue weighted by atomic mass is 10.2. The molecule has 0 atom stereocenters. The summed E-state index contributed by atoms with van der Waals surface area (Å²) in [6.45, 7) is 6.71. The number of nitrogens with zero attached hydrogens (tertiary/aromatic N) is 4. The van der Waals surface area contributed by atoms with Crippen molar-refractivity contribution < 1.29 is 13.2 Å². The van der Waals surface area contributed by atoms with Gasteiger partial charge in [0.05, 0.1) is 12.8 Å². The van der Waals surface area contributed by atoms with Gasteiger partial charge in [0.25, 0.3) is 0 Å². The van der Waals surface area contributed by atoms with Crippen LogP contribution in [0.4, 0.5) is 5.82 Å². The number of amides is 1. The quantitative estimate of drug-likeness (QED) is 0.750. The van der Waals surface area contributed by atoms with E-state index in [2.05, 4.69) is 9.88 Å². The Morgan fingerprint density at radius 3 is 2.42 bits per heavy atom. The number of aromatic nitrogens is 1. The lowest BCUT2D eigenvalue weighted by Gasteiger charge is -2.36. The maximum Gasteiger partial charge on any atom is 0.238 e. The summed E-state index contributed by atoms with van der Waals surface area (Å²) < 4.78 is 25.0. The van der Waals surface area contributed by atoms with Gasteiger partial charge in [-0.25, -0.2) is 13.4 Å². The van der Waals surface area contributed by atoms with Crippen LogP contribution in [0.25, 0.3) is 0 Å². The average molecular weight is 354 g/mol. The van der Waals surface area contributed by atoms with Crippen LogP contribution in [0.3, 0.4) is 0 Å². The van der Waals surface area contributed by atoms with Gasteiger partial charge in [0.2, 0.25) is 15.9 Å². The maximum absolute atomic E-state index is 12.5. The van der Waals surface area contributed by atoms with Crippen LogP contribution in [0.2, 0.25) is 0 Å². The van der Waals surface area contributed by atoms with Crippen LogP contribution in [-0.2, 0) is 14.8 Å². The zero-order valence-electron chi connectivity index (χ0n) is 14.6. The number of rotatable bonds is 6. The molecule has 2 rings (SSSR count). The number of hydrogen-bond donors (Lipinski definition) is 0. The third-order valence-corrected chi connectivity index (χ3v) is 5.17. The first-order chi connectivity index (χ1) is 11.3. The fourth-order valence-electron chi connectivity index (χ4n) is 2.70. The van der Waals surface area contributed by atoms with Gasteiger partial charge in [0.15, 0.2) is 0 Å². The van der Waals surface area contributed by atoms with Crippen molar-refractivity contribution in [2.75, 3.05) is 50.4 Å². The minimum atomic E-state index is -3.38. The Kier molecular flexibility index (Phi) is 6.17. The van der Waals surface area contributed by atoms with E-state index < -0.39 is 10.0 Å². The van der Waals surface area contributed by atoms with Crippen molar-refractivity contribution in [1.29, 1.82) is 0 Å². The van der Waals surface area contributed by atoms with Gasteiger partial charge in [-0.15, -0.1) is 0 Å². The smallest absolute Gasteiger partial charge is 0.238 e. The zero-order valence-corrected chi connectivity index (χ0v) is 15.4. The largest absolute Gasteiger partial charge is 0.353 e. The van der Waals surface area contributed by atoms with Gasteiger partial charge >= 0.3 is 0 Å². The van der Waals surface area contributed by atoms with Gasteiger partial charge in [-0.3, -0.25) is 4.79 Å². The molecule has 7 nitrogen and oxygen atoms in total. The second-order valence-electron chi connectivity index (χ2n) is 6.51. The fourth-order valence-corrected chi connectivity index (χ4v) is 3.61. The van der Waals surface area contributed by atoms with Gasteiger partial charge in [-0.2, -0.15) is 4.31 Å². The summed E-state index contributed by atoms with van der Waals surface area (Å²) in [4.78, 5) is 20.7. The van der Waals surface area contributed by atoms with Crippen LogP contribution in [0.1, 0.15) is 13.8 Å². The Balaban J connectivity index is 1.92. The topological polar surface area (TPSA) is 73.8 Å². The molecular weight excluding hydrogens is 328 g/mol. The van der Waals surface area contributed by atoms with E-state index in [4.69, 9.17) is 0 Å². The Labute approximate surface area is 144 Å². The highest BCUT2D eigenvalue weighted by Gasteiger charge is 2.26. The minimum Gasteiger partial charge on any atom is -0.353 e. The van der Waals surface area contributed by atoms with E-state index in [0.717, 1.165) is 12.1 Å². The summed E-state index contributed by atoms with van der Waals surface area (Å²) in [5.74, 6) is 0.942. The van der Waals surface area contributed by atoms with Crippen LogP contribution in [0.15, 0.2) is 24.4 Å².